The van der Waals surface area contributed by atoms with Crippen LogP contribution in [0, 0.1) is 0 Å². The maximum Gasteiger partial charge on any atom is 0.372 e. The fourth-order valence-corrected chi connectivity index (χ4v) is 2.11. The van der Waals surface area contributed by atoms with Crippen LogP contribution in [0.4, 0.5) is 8.78 Å². The van der Waals surface area contributed by atoms with Gasteiger partial charge in [0.25, 0.3) is 0 Å². The molecular weight excluding hydrogens is 306 g/mol. The van der Waals surface area contributed by atoms with Gasteiger partial charge in [0.2, 0.25) is 11.8 Å². The zero-order chi connectivity index (χ0) is 17.2. The SMILES string of the molecule is CC(=O)N[C@H]1C(CN(C)C(C)=O)O[C@@](F)(C(=O)O)C(F)C1O. The Morgan fingerprint density at radius 3 is 2.32 bits per heavy atom. The molecule has 8 nitrogen and oxygen atoms in total. The Kier molecular flexibility index (Phi) is 5.41. The fraction of sp³-hybridized carbons (Fsp3) is 0.750. The predicted molar refractivity (Wildman–Crippen MR) is 68.2 cm³/mol. The summed E-state index contributed by atoms with van der Waals surface area (Å²) in [5.41, 5.74) is 0. The van der Waals surface area contributed by atoms with Gasteiger partial charge >= 0.3 is 11.8 Å². The van der Waals surface area contributed by atoms with Crippen LogP contribution < -0.4 is 5.32 Å². The molecule has 1 saturated heterocycles. The Morgan fingerprint density at radius 2 is 1.91 bits per heavy atom. The van der Waals surface area contributed by atoms with Crippen LogP contribution in [-0.4, -0.2) is 76.8 Å². The number of nitrogens with zero attached hydrogens (tertiary/aromatic N) is 1. The van der Waals surface area contributed by atoms with Crippen LogP contribution in [-0.2, 0) is 19.1 Å². The number of rotatable bonds is 4. The highest BCUT2D eigenvalue weighted by Crippen LogP contribution is 2.34. The molecular formula is C12H18F2N2O6. The van der Waals surface area contributed by atoms with Crippen molar-refractivity contribution in [2.45, 2.75) is 44.1 Å². The number of aliphatic carboxylic acids is 1. The summed E-state index contributed by atoms with van der Waals surface area (Å²) >= 11 is 0. The highest BCUT2D eigenvalue weighted by Gasteiger charge is 2.61. The van der Waals surface area contributed by atoms with Crippen molar-refractivity contribution >= 4 is 17.8 Å². The van der Waals surface area contributed by atoms with Crippen LogP contribution in [0.3, 0.4) is 0 Å². The van der Waals surface area contributed by atoms with Crippen molar-refractivity contribution in [1.29, 1.82) is 0 Å². The number of carboxylic acid groups (broad SMARTS) is 1. The number of alkyl halides is 2. The van der Waals surface area contributed by atoms with Gasteiger partial charge in [-0.3, -0.25) is 9.59 Å². The molecule has 1 aliphatic heterocycles. The van der Waals surface area contributed by atoms with Crippen LogP contribution in [0.15, 0.2) is 0 Å². The zero-order valence-electron chi connectivity index (χ0n) is 12.2. The molecule has 126 valence electrons. The standard InChI is InChI=1S/C12H18F2N2O6/c1-5(17)15-8-7(4-16(3)6(2)18)22-12(14,11(20)21)10(13)9(8)19/h7-10,19H,4H2,1-3H3,(H,15,17)(H,20,21)/t7?,8-,9?,10?,12+/m0/s1. The Balaban J connectivity index is 3.11. The minimum atomic E-state index is -3.77. The smallest absolute Gasteiger partial charge is 0.372 e. The zero-order valence-corrected chi connectivity index (χ0v) is 12.2. The topological polar surface area (TPSA) is 116 Å². The van der Waals surface area contributed by atoms with Gasteiger partial charge in [0.15, 0.2) is 6.17 Å². The number of carboxylic acids is 1. The summed E-state index contributed by atoms with van der Waals surface area (Å²) in [4.78, 5) is 34.3. The minimum absolute atomic E-state index is 0.344. The Labute approximate surface area is 125 Å². The van der Waals surface area contributed by atoms with Gasteiger partial charge in [-0.25, -0.2) is 9.18 Å². The van der Waals surface area contributed by atoms with E-state index >= 15 is 0 Å². The average Bonchev–Trinajstić information content (AvgIpc) is 2.40. The lowest BCUT2D eigenvalue weighted by Crippen LogP contribution is -2.69. The number of halogens is 2. The number of aliphatic hydroxyl groups excluding tert-OH is 1. The summed E-state index contributed by atoms with van der Waals surface area (Å²) in [5, 5.41) is 20.8. The number of carbonyl (C=O) groups excluding carboxylic acids is 2. The van der Waals surface area contributed by atoms with Crippen molar-refractivity contribution in [1.82, 2.24) is 10.2 Å². The quantitative estimate of drug-likeness (QED) is 0.599. The second kappa shape index (κ2) is 6.53. The first kappa shape index (κ1) is 18.2. The monoisotopic (exact) mass is 324 g/mol. The van der Waals surface area contributed by atoms with Gasteiger partial charge in [0.1, 0.15) is 12.2 Å². The molecule has 2 amide bonds. The van der Waals surface area contributed by atoms with Crippen LogP contribution in [0.2, 0.25) is 0 Å². The lowest BCUT2D eigenvalue weighted by atomic mass is 9.91. The highest BCUT2D eigenvalue weighted by atomic mass is 19.2. The number of likely N-dealkylation sites (N-methyl/N-ethyl adjacent to an activating group) is 1. The number of aliphatic hydroxyl groups is 1. The van der Waals surface area contributed by atoms with E-state index < -0.39 is 48.1 Å². The van der Waals surface area contributed by atoms with Gasteiger partial charge in [-0.1, -0.05) is 0 Å². The summed E-state index contributed by atoms with van der Waals surface area (Å²) < 4.78 is 32.7. The van der Waals surface area contributed by atoms with Gasteiger partial charge in [0.05, 0.1) is 6.04 Å². The van der Waals surface area contributed by atoms with Gasteiger partial charge in [-0.15, -0.1) is 0 Å². The maximum atomic E-state index is 14.2. The molecule has 10 heteroatoms. The van der Waals surface area contributed by atoms with E-state index in [1.54, 1.807) is 0 Å². The number of hydrogen-bond donors (Lipinski definition) is 3. The second-order valence-electron chi connectivity index (χ2n) is 5.12. The molecule has 1 fully saturated rings. The van der Waals surface area contributed by atoms with Crippen molar-refractivity contribution in [3.05, 3.63) is 0 Å². The molecule has 0 aromatic heterocycles. The maximum absolute atomic E-state index is 14.2. The molecule has 0 radical (unpaired) electrons. The number of amides is 2. The van der Waals surface area contributed by atoms with E-state index in [1.165, 1.54) is 14.0 Å². The fourth-order valence-electron chi connectivity index (χ4n) is 2.11. The van der Waals surface area contributed by atoms with E-state index in [0.29, 0.717) is 0 Å². The van der Waals surface area contributed by atoms with Crippen molar-refractivity contribution < 1.29 is 38.1 Å². The third-order valence-corrected chi connectivity index (χ3v) is 3.40. The first-order chi connectivity index (χ1) is 10.0. The molecule has 0 aromatic rings. The number of ether oxygens (including phenoxy) is 1. The van der Waals surface area contributed by atoms with Crippen molar-refractivity contribution in [3.63, 3.8) is 0 Å². The van der Waals surface area contributed by atoms with Gasteiger partial charge in [-0.05, 0) is 0 Å². The third kappa shape index (κ3) is 3.50. The average molecular weight is 324 g/mol. The lowest BCUT2D eigenvalue weighted by molar-refractivity contribution is -0.275. The van der Waals surface area contributed by atoms with Crippen LogP contribution in [0.1, 0.15) is 13.8 Å². The highest BCUT2D eigenvalue weighted by molar-refractivity contribution is 5.77. The van der Waals surface area contributed by atoms with Gasteiger partial charge in [0, 0.05) is 27.4 Å². The third-order valence-electron chi connectivity index (χ3n) is 3.40. The van der Waals surface area contributed by atoms with E-state index in [1.807, 2.05) is 0 Å². The Bertz CT molecular complexity index is 477. The summed E-state index contributed by atoms with van der Waals surface area (Å²) in [6.07, 6.45) is -6.49. The van der Waals surface area contributed by atoms with E-state index in [-0.39, 0.29) is 6.54 Å². The lowest BCUT2D eigenvalue weighted by Gasteiger charge is -2.44. The van der Waals surface area contributed by atoms with E-state index in [0.717, 1.165) is 11.8 Å². The number of carbonyl (C=O) groups is 3. The second-order valence-corrected chi connectivity index (χ2v) is 5.12. The normalized spacial score (nSPS) is 34.8. The molecule has 1 rings (SSSR count). The largest absolute Gasteiger partial charge is 0.477 e. The number of nitrogens with one attached hydrogen (secondary N) is 1. The van der Waals surface area contributed by atoms with Crippen LogP contribution in [0.25, 0.3) is 0 Å². The molecule has 1 heterocycles. The summed E-state index contributed by atoms with van der Waals surface area (Å²) in [7, 11) is 1.32. The first-order valence-electron chi connectivity index (χ1n) is 6.41. The molecule has 3 unspecified atom stereocenters. The molecule has 22 heavy (non-hydrogen) atoms. The number of hydrogen-bond acceptors (Lipinski definition) is 5. The molecule has 1 aliphatic rings. The Hall–Kier alpha value is -1.81. The summed E-state index contributed by atoms with van der Waals surface area (Å²) in [6.45, 7) is 1.94. The minimum Gasteiger partial charge on any atom is -0.477 e. The Morgan fingerprint density at radius 1 is 1.36 bits per heavy atom. The van der Waals surface area contributed by atoms with E-state index in [9.17, 15) is 28.3 Å². The van der Waals surface area contributed by atoms with Crippen molar-refractivity contribution in [3.8, 4) is 0 Å². The van der Waals surface area contributed by atoms with E-state index in [4.69, 9.17) is 5.11 Å². The summed E-state index contributed by atoms with van der Waals surface area (Å²) in [5.74, 6) is -7.11. The van der Waals surface area contributed by atoms with Gasteiger partial charge < -0.3 is 25.2 Å². The molecule has 0 aliphatic carbocycles. The first-order valence-corrected chi connectivity index (χ1v) is 6.41. The van der Waals surface area contributed by atoms with Gasteiger partial charge in [-0.2, -0.15) is 4.39 Å². The molecule has 0 aromatic carbocycles. The van der Waals surface area contributed by atoms with Crippen LogP contribution in [0.5, 0.6) is 0 Å². The van der Waals surface area contributed by atoms with Crippen LogP contribution >= 0.6 is 0 Å². The van der Waals surface area contributed by atoms with Crippen molar-refractivity contribution in [2.75, 3.05) is 13.6 Å². The molecule has 3 N–H and O–H groups in total. The predicted octanol–water partition coefficient (Wildman–Crippen LogP) is -1.18. The molecule has 5 atom stereocenters. The van der Waals surface area contributed by atoms with E-state index in [2.05, 4.69) is 10.1 Å². The molecule has 0 saturated carbocycles. The molecule has 0 bridgehead atoms. The summed E-state index contributed by atoms with van der Waals surface area (Å²) in [6, 6.07) is -1.41. The van der Waals surface area contributed by atoms with Crippen molar-refractivity contribution in [2.24, 2.45) is 0 Å². The molecule has 0 spiro atoms.